The summed E-state index contributed by atoms with van der Waals surface area (Å²) in [4.78, 5) is 11.1. The highest BCUT2D eigenvalue weighted by Gasteiger charge is 2.13. The van der Waals surface area contributed by atoms with E-state index in [1.54, 1.807) is 11.8 Å². The van der Waals surface area contributed by atoms with Gasteiger partial charge in [0.2, 0.25) is 0 Å². The van der Waals surface area contributed by atoms with Gasteiger partial charge in [-0.3, -0.25) is 4.79 Å². The van der Waals surface area contributed by atoms with Gasteiger partial charge in [0.25, 0.3) is 0 Å². The fraction of sp³-hybridized carbons (Fsp3) is 0.667. The molecule has 3 nitrogen and oxygen atoms in total. The van der Waals surface area contributed by atoms with E-state index >= 15 is 0 Å². The van der Waals surface area contributed by atoms with Crippen molar-refractivity contribution >= 4 is 17.7 Å². The van der Waals surface area contributed by atoms with Gasteiger partial charge < -0.3 is 10.5 Å². The van der Waals surface area contributed by atoms with E-state index in [0.717, 1.165) is 12.2 Å². The second-order valence-electron chi connectivity index (χ2n) is 2.60. The number of hydrogen-bond acceptors (Lipinski definition) is 4. The van der Waals surface area contributed by atoms with Gasteiger partial charge in [-0.15, -0.1) is 0 Å². The molecule has 0 rings (SSSR count). The van der Waals surface area contributed by atoms with Crippen LogP contribution in [0, 0.1) is 0 Å². The molecule has 0 spiro atoms. The predicted molar refractivity (Wildman–Crippen MR) is 56.7 cm³/mol. The van der Waals surface area contributed by atoms with Crippen molar-refractivity contribution in [2.24, 2.45) is 5.73 Å². The number of hydrogen-bond donors (Lipinski definition) is 1. The van der Waals surface area contributed by atoms with Crippen molar-refractivity contribution in [2.75, 3.05) is 18.1 Å². The van der Waals surface area contributed by atoms with Crippen LogP contribution in [0.25, 0.3) is 0 Å². The number of carbonyl (C=O) groups is 1. The second-order valence-corrected chi connectivity index (χ2v) is 3.75. The molecule has 0 unspecified atom stereocenters. The highest BCUT2D eigenvalue weighted by atomic mass is 32.2. The van der Waals surface area contributed by atoms with E-state index in [1.165, 1.54) is 6.08 Å². The molecule has 0 aliphatic heterocycles. The summed E-state index contributed by atoms with van der Waals surface area (Å²) in [6, 6.07) is -0.503. The average Bonchev–Trinajstić information content (AvgIpc) is 2.14. The fourth-order valence-electron chi connectivity index (χ4n) is 0.671. The number of carbonyl (C=O) groups excluding carboxylic acids is 1. The van der Waals surface area contributed by atoms with Gasteiger partial charge >= 0.3 is 5.97 Å². The molecule has 0 aromatic rings. The third-order valence-corrected chi connectivity index (χ3v) is 2.58. The molecule has 0 aromatic carbocycles. The fourth-order valence-corrected chi connectivity index (χ4v) is 1.52. The van der Waals surface area contributed by atoms with E-state index in [4.69, 9.17) is 10.5 Å². The quantitative estimate of drug-likeness (QED) is 0.383. The first-order chi connectivity index (χ1) is 6.22. The molecule has 4 heteroatoms. The third-order valence-electron chi connectivity index (χ3n) is 1.29. The van der Waals surface area contributed by atoms with Crippen LogP contribution in [0.4, 0.5) is 0 Å². The standard InChI is InChI=1S/C9H17NO2S/c1-3-5-12-9(11)8(10)7-13-6-4-2/h3,8H,1,4-7,10H2,2H3/t8-/m0/s1. The molecule has 0 saturated heterocycles. The number of rotatable bonds is 7. The first-order valence-corrected chi connectivity index (χ1v) is 5.48. The summed E-state index contributed by atoms with van der Waals surface area (Å²) in [5, 5.41) is 0. The topological polar surface area (TPSA) is 52.3 Å². The van der Waals surface area contributed by atoms with Gasteiger partial charge in [-0.1, -0.05) is 19.6 Å². The second kappa shape index (κ2) is 8.13. The van der Waals surface area contributed by atoms with Crippen molar-refractivity contribution in [1.29, 1.82) is 0 Å². The number of nitrogens with two attached hydrogens (primary N) is 1. The van der Waals surface area contributed by atoms with Crippen LogP contribution in [-0.2, 0) is 9.53 Å². The van der Waals surface area contributed by atoms with E-state index in [9.17, 15) is 4.79 Å². The van der Waals surface area contributed by atoms with Gasteiger partial charge in [0.15, 0.2) is 0 Å². The molecular formula is C9H17NO2S. The van der Waals surface area contributed by atoms with Crippen LogP contribution in [0.15, 0.2) is 12.7 Å². The third kappa shape index (κ3) is 6.66. The highest BCUT2D eigenvalue weighted by molar-refractivity contribution is 7.99. The van der Waals surface area contributed by atoms with Gasteiger partial charge in [-0.25, -0.2) is 0 Å². The largest absolute Gasteiger partial charge is 0.460 e. The molecule has 1 atom stereocenters. The molecule has 0 aromatic heterocycles. The Morgan fingerprint density at radius 2 is 2.46 bits per heavy atom. The molecule has 0 amide bonds. The lowest BCUT2D eigenvalue weighted by Crippen LogP contribution is -2.34. The van der Waals surface area contributed by atoms with Crippen molar-refractivity contribution in [3.05, 3.63) is 12.7 Å². The maximum absolute atomic E-state index is 11.1. The Bertz CT molecular complexity index is 162. The Hall–Kier alpha value is -0.480. The smallest absolute Gasteiger partial charge is 0.324 e. The van der Waals surface area contributed by atoms with Gasteiger partial charge in [0.1, 0.15) is 12.6 Å². The molecule has 0 heterocycles. The Morgan fingerprint density at radius 1 is 1.77 bits per heavy atom. The Labute approximate surface area is 83.7 Å². The zero-order valence-electron chi connectivity index (χ0n) is 7.99. The lowest BCUT2D eigenvalue weighted by Gasteiger charge is -2.09. The summed E-state index contributed by atoms with van der Waals surface area (Å²) in [5.74, 6) is 1.32. The zero-order chi connectivity index (χ0) is 10.1. The van der Waals surface area contributed by atoms with Crippen molar-refractivity contribution < 1.29 is 9.53 Å². The van der Waals surface area contributed by atoms with Crippen LogP contribution in [0.1, 0.15) is 13.3 Å². The summed E-state index contributed by atoms with van der Waals surface area (Å²) >= 11 is 1.67. The molecular weight excluding hydrogens is 186 g/mol. The summed E-state index contributed by atoms with van der Waals surface area (Å²) in [5.41, 5.74) is 5.57. The molecule has 0 radical (unpaired) electrons. The highest BCUT2D eigenvalue weighted by Crippen LogP contribution is 2.04. The molecule has 0 fully saturated rings. The van der Waals surface area contributed by atoms with Crippen LogP contribution in [0.5, 0.6) is 0 Å². The van der Waals surface area contributed by atoms with Gasteiger partial charge in [0, 0.05) is 5.75 Å². The van der Waals surface area contributed by atoms with Crippen LogP contribution >= 0.6 is 11.8 Å². The maximum atomic E-state index is 11.1. The van der Waals surface area contributed by atoms with E-state index in [2.05, 4.69) is 13.5 Å². The van der Waals surface area contributed by atoms with Crippen LogP contribution in [0.3, 0.4) is 0 Å². The van der Waals surface area contributed by atoms with Gasteiger partial charge in [0.05, 0.1) is 0 Å². The van der Waals surface area contributed by atoms with Crippen LogP contribution in [0.2, 0.25) is 0 Å². The summed E-state index contributed by atoms with van der Waals surface area (Å²) in [7, 11) is 0. The van der Waals surface area contributed by atoms with Gasteiger partial charge in [-0.05, 0) is 12.2 Å². The Kier molecular flexibility index (Phi) is 7.83. The minimum absolute atomic E-state index is 0.241. The summed E-state index contributed by atoms with van der Waals surface area (Å²) in [6.45, 7) is 5.78. The Morgan fingerprint density at radius 3 is 3.00 bits per heavy atom. The molecule has 0 aliphatic rings. The molecule has 0 saturated carbocycles. The zero-order valence-corrected chi connectivity index (χ0v) is 8.81. The van der Waals surface area contributed by atoms with Crippen molar-refractivity contribution in [1.82, 2.24) is 0 Å². The lowest BCUT2D eigenvalue weighted by atomic mass is 10.4. The number of thioether (sulfide) groups is 1. The van der Waals surface area contributed by atoms with E-state index in [-0.39, 0.29) is 12.6 Å². The van der Waals surface area contributed by atoms with Crippen LogP contribution in [-0.4, -0.2) is 30.1 Å². The van der Waals surface area contributed by atoms with Crippen LogP contribution < -0.4 is 5.73 Å². The van der Waals surface area contributed by atoms with E-state index in [1.807, 2.05) is 0 Å². The number of esters is 1. The molecule has 2 N–H and O–H groups in total. The van der Waals surface area contributed by atoms with Gasteiger partial charge in [-0.2, -0.15) is 11.8 Å². The molecule has 13 heavy (non-hydrogen) atoms. The van der Waals surface area contributed by atoms with E-state index in [0.29, 0.717) is 5.75 Å². The monoisotopic (exact) mass is 203 g/mol. The SMILES string of the molecule is C=CCOC(=O)[C@@H](N)CSCCC. The van der Waals surface area contributed by atoms with Crippen molar-refractivity contribution in [3.63, 3.8) is 0 Å². The summed E-state index contributed by atoms with van der Waals surface area (Å²) in [6.07, 6.45) is 2.63. The minimum Gasteiger partial charge on any atom is -0.460 e. The molecule has 76 valence electrons. The van der Waals surface area contributed by atoms with Crippen molar-refractivity contribution in [2.45, 2.75) is 19.4 Å². The average molecular weight is 203 g/mol. The number of ether oxygens (including phenoxy) is 1. The molecule has 0 aliphatic carbocycles. The Balaban J connectivity index is 3.50. The minimum atomic E-state index is -0.503. The lowest BCUT2D eigenvalue weighted by molar-refractivity contribution is -0.143. The maximum Gasteiger partial charge on any atom is 0.324 e. The summed E-state index contributed by atoms with van der Waals surface area (Å²) < 4.78 is 4.79. The normalized spacial score (nSPS) is 12.2. The van der Waals surface area contributed by atoms with Crippen molar-refractivity contribution in [3.8, 4) is 0 Å². The molecule has 0 bridgehead atoms. The predicted octanol–water partition coefficient (Wildman–Crippen LogP) is 1.19. The first kappa shape index (κ1) is 12.5. The first-order valence-electron chi connectivity index (χ1n) is 4.33. The van der Waals surface area contributed by atoms with E-state index < -0.39 is 6.04 Å².